The monoisotopic (exact) mass is 251 g/mol. The number of rotatable bonds is 2. The minimum Gasteiger partial charge on any atom is -0.129 e. The van der Waals surface area contributed by atoms with Crippen molar-refractivity contribution in [3.63, 3.8) is 0 Å². The molecule has 3 rings (SSSR count). The summed E-state index contributed by atoms with van der Waals surface area (Å²) in [6.07, 6.45) is 2.05. The van der Waals surface area contributed by atoms with E-state index in [1.807, 2.05) is 55.5 Å². The predicted molar refractivity (Wildman–Crippen MR) is 75.7 cm³/mol. The molecule has 94 valence electrons. The van der Waals surface area contributed by atoms with Crippen LogP contribution in [0.25, 0.3) is 6.08 Å². The highest BCUT2D eigenvalue weighted by Crippen LogP contribution is 2.24. The fourth-order valence-electron chi connectivity index (χ4n) is 2.12. The van der Waals surface area contributed by atoms with E-state index in [4.69, 9.17) is 9.46 Å². The second-order valence-electron chi connectivity index (χ2n) is 4.53. The van der Waals surface area contributed by atoms with E-state index in [2.05, 4.69) is 18.2 Å². The minimum atomic E-state index is -0.0598. The van der Waals surface area contributed by atoms with Gasteiger partial charge in [-0.05, 0) is 30.7 Å². The van der Waals surface area contributed by atoms with Crippen molar-refractivity contribution in [2.75, 3.05) is 0 Å². The Balaban J connectivity index is 2.00. The quantitative estimate of drug-likeness (QED) is 0.451. The van der Waals surface area contributed by atoms with Gasteiger partial charge in [0, 0.05) is 4.58 Å². The van der Waals surface area contributed by atoms with Crippen molar-refractivity contribution in [3.05, 3.63) is 77.4 Å². The lowest BCUT2D eigenvalue weighted by Gasteiger charge is -1.97. The number of hydrogen-bond donors (Lipinski definition) is 0. The summed E-state index contributed by atoms with van der Waals surface area (Å²) in [5.41, 5.74) is 3.25. The van der Waals surface area contributed by atoms with Crippen molar-refractivity contribution in [1.29, 1.82) is 0 Å². The van der Waals surface area contributed by atoms with Crippen molar-refractivity contribution in [3.8, 4) is 0 Å². The molecule has 2 heteroatoms. The van der Waals surface area contributed by atoms with Crippen molar-refractivity contribution in [1.82, 2.24) is 0 Å². The summed E-state index contributed by atoms with van der Waals surface area (Å²) >= 11 is 0. The lowest BCUT2D eigenvalue weighted by molar-refractivity contribution is -0.609. The van der Waals surface area contributed by atoms with Gasteiger partial charge in [0.05, 0.1) is 5.56 Å². The molecule has 1 aliphatic rings. The Bertz CT molecular complexity index is 612. The Morgan fingerprint density at radius 3 is 2.26 bits per heavy atom. The number of benzene rings is 2. The van der Waals surface area contributed by atoms with E-state index < -0.39 is 0 Å². The van der Waals surface area contributed by atoms with Gasteiger partial charge in [-0.1, -0.05) is 48.5 Å². The average Bonchev–Trinajstić information content (AvgIpc) is 2.82. The number of ketones is 1. The van der Waals surface area contributed by atoms with Gasteiger partial charge in [-0.15, -0.1) is 4.89 Å². The molecule has 0 aromatic heterocycles. The maximum Gasteiger partial charge on any atom is 0.447 e. The summed E-state index contributed by atoms with van der Waals surface area (Å²) < 4.78 is 5.38. The van der Waals surface area contributed by atoms with E-state index in [1.54, 1.807) is 0 Å². The topological polar surface area (TPSA) is 20.5 Å². The molecule has 1 heterocycles. The normalized spacial score (nSPS) is 20.2. The molecule has 0 saturated carbocycles. The summed E-state index contributed by atoms with van der Waals surface area (Å²) in [6.45, 7) is 1.99. The third kappa shape index (κ3) is 2.43. The van der Waals surface area contributed by atoms with Crippen molar-refractivity contribution in [2.24, 2.45) is 0 Å². The molecule has 2 nitrogen and oxygen atoms in total. The van der Waals surface area contributed by atoms with E-state index in [-0.39, 0.29) is 6.10 Å². The SMILES string of the molecule is CC1O[O+]=C(c2ccccc2)/C1=C/c1ccccc1. The Hall–Kier alpha value is -2.35. The van der Waals surface area contributed by atoms with Crippen molar-refractivity contribution in [2.45, 2.75) is 13.0 Å². The van der Waals surface area contributed by atoms with Crippen LogP contribution in [0, 0.1) is 0 Å². The van der Waals surface area contributed by atoms with Crippen LogP contribution in [-0.4, -0.2) is 11.9 Å². The lowest BCUT2D eigenvalue weighted by atomic mass is 9.98. The smallest absolute Gasteiger partial charge is 0.129 e. The third-order valence-electron chi connectivity index (χ3n) is 3.13. The molecule has 1 aliphatic heterocycles. The van der Waals surface area contributed by atoms with Gasteiger partial charge in [0.15, 0.2) is 0 Å². The van der Waals surface area contributed by atoms with Crippen LogP contribution < -0.4 is 0 Å². The standard InChI is InChI=1S/C17H15O2/c1-13-16(12-14-8-4-2-5-9-14)17(19-18-13)15-10-6-3-7-11-15/h2-13H,1H3/q+1/b16-12+. The van der Waals surface area contributed by atoms with Crippen LogP contribution in [0.5, 0.6) is 0 Å². The van der Waals surface area contributed by atoms with Crippen LogP contribution in [0.4, 0.5) is 0 Å². The van der Waals surface area contributed by atoms with E-state index >= 15 is 0 Å². The lowest BCUT2D eigenvalue weighted by Crippen LogP contribution is -2.09. The zero-order valence-electron chi connectivity index (χ0n) is 10.7. The summed E-state index contributed by atoms with van der Waals surface area (Å²) in [7, 11) is 0. The van der Waals surface area contributed by atoms with Crippen LogP contribution in [0.1, 0.15) is 22.6 Å². The summed E-state index contributed by atoms with van der Waals surface area (Å²) in [5.74, 6) is 0.803. The van der Waals surface area contributed by atoms with Crippen LogP contribution >= 0.6 is 0 Å². The van der Waals surface area contributed by atoms with Gasteiger partial charge in [-0.2, -0.15) is 0 Å². The Kier molecular flexibility index (Phi) is 3.15. The first kappa shape index (κ1) is 11.7. The highest BCUT2D eigenvalue weighted by Gasteiger charge is 2.38. The molecule has 0 radical (unpaired) electrons. The molecule has 1 unspecified atom stereocenters. The van der Waals surface area contributed by atoms with Gasteiger partial charge in [-0.3, -0.25) is 0 Å². The summed E-state index contributed by atoms with van der Waals surface area (Å²) in [6, 6.07) is 20.2. The van der Waals surface area contributed by atoms with Gasteiger partial charge in [0.2, 0.25) is 6.10 Å². The maximum absolute atomic E-state index is 5.38. The largest absolute Gasteiger partial charge is 0.447 e. The first-order chi connectivity index (χ1) is 9.34. The average molecular weight is 251 g/mol. The third-order valence-corrected chi connectivity index (χ3v) is 3.13. The van der Waals surface area contributed by atoms with Crippen molar-refractivity contribution < 1.29 is 9.46 Å². The van der Waals surface area contributed by atoms with E-state index in [0.717, 1.165) is 22.5 Å². The number of hydrogen-bond acceptors (Lipinski definition) is 1. The van der Waals surface area contributed by atoms with Gasteiger partial charge >= 0.3 is 5.78 Å². The first-order valence-corrected chi connectivity index (χ1v) is 6.37. The zero-order valence-corrected chi connectivity index (χ0v) is 10.7. The molecular formula is C17H15O2+. The molecule has 0 bridgehead atoms. The molecule has 19 heavy (non-hydrogen) atoms. The van der Waals surface area contributed by atoms with Crippen LogP contribution in [0.2, 0.25) is 0 Å². The highest BCUT2D eigenvalue weighted by molar-refractivity contribution is 6.12. The summed E-state index contributed by atoms with van der Waals surface area (Å²) in [5, 5.41) is 0. The van der Waals surface area contributed by atoms with Crippen LogP contribution in [0.3, 0.4) is 0 Å². The Morgan fingerprint density at radius 2 is 1.58 bits per heavy atom. The first-order valence-electron chi connectivity index (χ1n) is 6.37. The van der Waals surface area contributed by atoms with Crippen LogP contribution in [0.15, 0.2) is 66.2 Å². The number of carbonyl (C=O) groups excluding carboxylic acids is 1. The summed E-state index contributed by atoms with van der Waals surface area (Å²) in [4.78, 5) is 5.30. The van der Waals surface area contributed by atoms with Crippen molar-refractivity contribution >= 4 is 11.9 Å². The van der Waals surface area contributed by atoms with Gasteiger partial charge in [-0.25, -0.2) is 0 Å². The van der Waals surface area contributed by atoms with Crippen LogP contribution in [-0.2, 0) is 4.89 Å². The molecule has 0 amide bonds. The van der Waals surface area contributed by atoms with Gasteiger partial charge < -0.3 is 0 Å². The fraction of sp³-hybridized carbons (Fsp3) is 0.118. The Morgan fingerprint density at radius 1 is 0.947 bits per heavy atom. The molecular weight excluding hydrogens is 236 g/mol. The minimum absolute atomic E-state index is 0.0598. The molecule has 0 aliphatic carbocycles. The molecule has 2 aromatic carbocycles. The maximum atomic E-state index is 5.38. The van der Waals surface area contributed by atoms with E-state index in [9.17, 15) is 0 Å². The molecule has 0 spiro atoms. The molecule has 1 atom stereocenters. The molecule has 0 fully saturated rings. The second-order valence-corrected chi connectivity index (χ2v) is 4.53. The molecule has 2 aromatic rings. The second kappa shape index (κ2) is 5.11. The molecule has 0 saturated heterocycles. The highest BCUT2D eigenvalue weighted by atomic mass is 17.2. The zero-order chi connectivity index (χ0) is 13.1. The van der Waals surface area contributed by atoms with Gasteiger partial charge in [0.25, 0.3) is 0 Å². The fourth-order valence-corrected chi connectivity index (χ4v) is 2.12. The predicted octanol–water partition coefficient (Wildman–Crippen LogP) is 3.82. The van der Waals surface area contributed by atoms with Gasteiger partial charge in [0.1, 0.15) is 5.57 Å². The van der Waals surface area contributed by atoms with E-state index in [0.29, 0.717) is 0 Å². The van der Waals surface area contributed by atoms with E-state index in [1.165, 1.54) is 0 Å². The molecule has 0 N–H and O–H groups in total. The Labute approximate surface area is 112 Å².